The summed E-state index contributed by atoms with van der Waals surface area (Å²) in [5.74, 6) is 0. The number of aliphatic imine (C=N–C) groups is 1. The van der Waals surface area contributed by atoms with E-state index in [2.05, 4.69) is 20.4 Å². The molecule has 1 atom stereocenters. The van der Waals surface area contributed by atoms with Crippen LogP contribution in [0.4, 0.5) is 4.79 Å². The van der Waals surface area contributed by atoms with E-state index in [1.165, 1.54) is 7.11 Å². The van der Waals surface area contributed by atoms with E-state index in [0.29, 0.717) is 13.1 Å². The summed E-state index contributed by atoms with van der Waals surface area (Å²) >= 11 is 0. The van der Waals surface area contributed by atoms with Gasteiger partial charge in [-0.05, 0) is 6.08 Å². The summed E-state index contributed by atoms with van der Waals surface area (Å²) in [6, 6.07) is 0. The van der Waals surface area contributed by atoms with Gasteiger partial charge in [0, 0.05) is 13.1 Å². The van der Waals surface area contributed by atoms with E-state index in [4.69, 9.17) is 5.73 Å². The van der Waals surface area contributed by atoms with Crippen molar-refractivity contribution in [2.24, 2.45) is 10.7 Å². The first-order valence-corrected chi connectivity index (χ1v) is 4.26. The fraction of sp³-hybridized carbons (Fsp3) is 0.500. The summed E-state index contributed by atoms with van der Waals surface area (Å²) in [6.07, 6.45) is 2.85. The molecule has 78 valence electrons. The number of ether oxygens (including phenoxy) is 1. The Bertz CT molecular complexity index is 262. The van der Waals surface area contributed by atoms with E-state index in [1.54, 1.807) is 6.08 Å². The quantitative estimate of drug-likeness (QED) is 0.553. The summed E-state index contributed by atoms with van der Waals surface area (Å²) in [5, 5.41) is 5.45. The molecule has 4 N–H and O–H groups in total. The summed E-state index contributed by atoms with van der Waals surface area (Å²) in [5.41, 5.74) is 6.36. The number of methoxy groups -OCH3 is 1. The fourth-order valence-corrected chi connectivity index (χ4v) is 0.990. The van der Waals surface area contributed by atoms with Gasteiger partial charge in [-0.1, -0.05) is 6.08 Å². The molecule has 0 aromatic carbocycles. The first-order chi connectivity index (χ1) is 6.72. The van der Waals surface area contributed by atoms with Gasteiger partial charge in [0.05, 0.1) is 12.8 Å². The van der Waals surface area contributed by atoms with E-state index in [1.807, 2.05) is 6.08 Å². The highest BCUT2D eigenvalue weighted by Gasteiger charge is 2.08. The highest BCUT2D eigenvalue weighted by molar-refractivity contribution is 5.97. The second-order valence-electron chi connectivity index (χ2n) is 2.72. The molecule has 6 heteroatoms. The van der Waals surface area contributed by atoms with Gasteiger partial charge in [-0.2, -0.15) is 0 Å². The molecule has 0 fully saturated rings. The number of nitrogens with one attached hydrogen (secondary N) is 2. The molecule has 0 aliphatic carbocycles. The van der Waals surface area contributed by atoms with Gasteiger partial charge in [0.2, 0.25) is 0 Å². The lowest BCUT2D eigenvalue weighted by Gasteiger charge is -1.97. The Morgan fingerprint density at radius 2 is 2.71 bits per heavy atom. The number of hydrogen-bond donors (Lipinski definition) is 3. The third kappa shape index (κ3) is 3.55. The second-order valence-corrected chi connectivity index (χ2v) is 2.72. The number of rotatable bonds is 3. The average Bonchev–Trinajstić information content (AvgIpc) is 2.58. The van der Waals surface area contributed by atoms with Gasteiger partial charge in [-0.25, -0.2) is 4.79 Å². The lowest BCUT2D eigenvalue weighted by Crippen LogP contribution is -2.30. The minimum absolute atomic E-state index is 0.303. The van der Waals surface area contributed by atoms with Crippen molar-refractivity contribution in [1.29, 1.82) is 0 Å². The van der Waals surface area contributed by atoms with E-state index in [0.717, 1.165) is 5.71 Å². The first kappa shape index (κ1) is 10.7. The van der Waals surface area contributed by atoms with Gasteiger partial charge in [0.15, 0.2) is 6.29 Å². The van der Waals surface area contributed by atoms with E-state index in [9.17, 15) is 4.79 Å². The Hall–Kier alpha value is -1.40. The van der Waals surface area contributed by atoms with Crippen molar-refractivity contribution in [3.05, 3.63) is 12.2 Å². The monoisotopic (exact) mass is 198 g/mol. The fourth-order valence-electron chi connectivity index (χ4n) is 0.990. The number of carbonyl (C=O) groups excluding carboxylic acids is 1. The number of hydrogen-bond acceptors (Lipinski definition) is 5. The maximum absolute atomic E-state index is 10.6. The number of nitrogens with two attached hydrogens (primary N) is 1. The normalized spacial score (nSPS) is 21.0. The summed E-state index contributed by atoms with van der Waals surface area (Å²) in [7, 11) is 1.32. The van der Waals surface area contributed by atoms with Crippen LogP contribution in [0.5, 0.6) is 0 Å². The van der Waals surface area contributed by atoms with Gasteiger partial charge >= 0.3 is 6.09 Å². The van der Waals surface area contributed by atoms with Crippen LogP contribution in [0.1, 0.15) is 0 Å². The third-order valence-electron chi connectivity index (χ3n) is 1.66. The van der Waals surface area contributed by atoms with Crippen LogP contribution in [0, 0.1) is 0 Å². The number of amides is 1. The van der Waals surface area contributed by atoms with Crippen molar-refractivity contribution in [3.8, 4) is 0 Å². The van der Waals surface area contributed by atoms with Gasteiger partial charge < -0.3 is 10.1 Å². The average molecular weight is 198 g/mol. The molecule has 14 heavy (non-hydrogen) atoms. The molecule has 1 aliphatic heterocycles. The molecular weight excluding hydrogens is 184 g/mol. The predicted molar refractivity (Wildman–Crippen MR) is 53.0 cm³/mol. The Labute approximate surface area is 82.2 Å². The zero-order valence-electron chi connectivity index (χ0n) is 7.99. The van der Waals surface area contributed by atoms with Gasteiger partial charge in [0.25, 0.3) is 0 Å². The Morgan fingerprint density at radius 3 is 3.29 bits per heavy atom. The van der Waals surface area contributed by atoms with Crippen molar-refractivity contribution in [1.82, 2.24) is 10.6 Å². The number of alkyl carbamates (subject to hydrolysis) is 1. The topological polar surface area (TPSA) is 88.7 Å². The predicted octanol–water partition coefficient (Wildman–Crippen LogP) is -0.815. The molecule has 1 amide bonds. The van der Waals surface area contributed by atoms with Crippen molar-refractivity contribution in [2.45, 2.75) is 6.29 Å². The van der Waals surface area contributed by atoms with Crippen LogP contribution in [0.25, 0.3) is 0 Å². The van der Waals surface area contributed by atoms with E-state index in [-0.39, 0.29) is 6.29 Å². The van der Waals surface area contributed by atoms with Gasteiger partial charge in [0.1, 0.15) is 0 Å². The SMILES string of the molecule is COC(=O)NCC=CC1=NC(N)NC1. The third-order valence-corrected chi connectivity index (χ3v) is 1.66. The van der Waals surface area contributed by atoms with Crippen LogP contribution in [0.2, 0.25) is 0 Å². The molecule has 0 saturated carbocycles. The smallest absolute Gasteiger partial charge is 0.407 e. The maximum atomic E-state index is 10.6. The Balaban J connectivity index is 2.21. The van der Waals surface area contributed by atoms with E-state index >= 15 is 0 Å². The molecule has 0 aromatic heterocycles. The summed E-state index contributed by atoms with van der Waals surface area (Å²) < 4.78 is 4.39. The number of carbonyl (C=O) groups is 1. The summed E-state index contributed by atoms with van der Waals surface area (Å²) in [4.78, 5) is 14.7. The Morgan fingerprint density at radius 1 is 1.93 bits per heavy atom. The van der Waals surface area contributed by atoms with Gasteiger partial charge in [-0.15, -0.1) is 0 Å². The molecule has 1 heterocycles. The van der Waals surface area contributed by atoms with Crippen molar-refractivity contribution in [3.63, 3.8) is 0 Å². The van der Waals surface area contributed by atoms with Crippen molar-refractivity contribution in [2.75, 3.05) is 20.2 Å². The van der Waals surface area contributed by atoms with Crippen molar-refractivity contribution < 1.29 is 9.53 Å². The standard InChI is InChI=1S/C8H14N4O2/c1-14-8(13)10-4-2-3-6-5-11-7(9)12-6/h2-3,7,11H,4-5,9H2,1H3,(H,10,13). The lowest BCUT2D eigenvalue weighted by atomic mass is 10.3. The van der Waals surface area contributed by atoms with Crippen molar-refractivity contribution >= 4 is 11.8 Å². The molecule has 6 nitrogen and oxygen atoms in total. The molecular formula is C8H14N4O2. The zero-order valence-corrected chi connectivity index (χ0v) is 7.99. The molecule has 0 radical (unpaired) electrons. The molecule has 0 aromatic rings. The summed E-state index contributed by atoms with van der Waals surface area (Å²) in [6.45, 7) is 1.08. The maximum Gasteiger partial charge on any atom is 0.407 e. The minimum atomic E-state index is -0.446. The van der Waals surface area contributed by atoms with E-state index < -0.39 is 6.09 Å². The largest absolute Gasteiger partial charge is 0.453 e. The molecule has 1 aliphatic rings. The van der Waals surface area contributed by atoms with Crippen LogP contribution < -0.4 is 16.4 Å². The molecule has 1 rings (SSSR count). The molecule has 1 unspecified atom stereocenters. The molecule has 0 bridgehead atoms. The highest BCUT2D eigenvalue weighted by Crippen LogP contribution is 1.91. The van der Waals surface area contributed by atoms with Crippen LogP contribution in [0.3, 0.4) is 0 Å². The first-order valence-electron chi connectivity index (χ1n) is 4.26. The zero-order chi connectivity index (χ0) is 10.4. The minimum Gasteiger partial charge on any atom is -0.453 e. The van der Waals surface area contributed by atoms with Crippen LogP contribution in [-0.2, 0) is 4.74 Å². The molecule has 0 saturated heterocycles. The van der Waals surface area contributed by atoms with Crippen LogP contribution >= 0.6 is 0 Å². The van der Waals surface area contributed by atoms with Crippen LogP contribution in [0.15, 0.2) is 17.1 Å². The number of nitrogens with zero attached hydrogens (tertiary/aromatic N) is 1. The van der Waals surface area contributed by atoms with Crippen LogP contribution in [-0.4, -0.2) is 38.3 Å². The highest BCUT2D eigenvalue weighted by atomic mass is 16.5. The molecule has 0 spiro atoms. The van der Waals surface area contributed by atoms with Gasteiger partial charge in [-0.3, -0.25) is 16.0 Å². The Kier molecular flexibility index (Phi) is 4.09. The lowest BCUT2D eigenvalue weighted by molar-refractivity contribution is 0.172. The second kappa shape index (κ2) is 5.36.